The zero-order chi connectivity index (χ0) is 14.7. The van der Waals surface area contributed by atoms with Crippen molar-refractivity contribution in [2.75, 3.05) is 37.4 Å². The lowest BCUT2D eigenvalue weighted by atomic mass is 9.99. The highest BCUT2D eigenvalue weighted by Crippen LogP contribution is 2.33. The second kappa shape index (κ2) is 6.33. The fraction of sp³-hybridized carbons (Fsp3) is 0.500. The van der Waals surface area contributed by atoms with Crippen molar-refractivity contribution in [3.8, 4) is 0 Å². The van der Waals surface area contributed by atoms with Crippen LogP contribution in [0.2, 0.25) is 5.02 Å². The standard InChI is InChI=1S/C14H19ClN2O3/c1-17(8-9-2-4-20-5-3-9)13-11(14(18)19)6-10(16)7-12(13)15/h6-7,9H,2-5,8,16H2,1H3,(H,18,19). The normalized spacial score (nSPS) is 16.1. The van der Waals surface area contributed by atoms with Crippen LogP contribution in [0.15, 0.2) is 12.1 Å². The Morgan fingerprint density at radius 1 is 1.50 bits per heavy atom. The first kappa shape index (κ1) is 14.9. The van der Waals surface area contributed by atoms with Crippen molar-refractivity contribution in [3.63, 3.8) is 0 Å². The lowest BCUT2D eigenvalue weighted by Crippen LogP contribution is -2.30. The number of hydrogen-bond donors (Lipinski definition) is 2. The number of hydrogen-bond acceptors (Lipinski definition) is 4. The maximum Gasteiger partial charge on any atom is 0.337 e. The fourth-order valence-corrected chi connectivity index (χ4v) is 2.95. The quantitative estimate of drug-likeness (QED) is 0.835. The number of carboxylic acid groups (broad SMARTS) is 1. The molecule has 2 rings (SSSR count). The van der Waals surface area contributed by atoms with Gasteiger partial charge in [-0.3, -0.25) is 0 Å². The SMILES string of the molecule is CN(CC1CCOCC1)c1c(Cl)cc(N)cc1C(=O)O. The molecular weight excluding hydrogens is 280 g/mol. The molecular formula is C14H19ClN2O3. The van der Waals surface area contributed by atoms with Crippen LogP contribution in [0.3, 0.4) is 0 Å². The maximum atomic E-state index is 11.4. The molecule has 1 aromatic rings. The van der Waals surface area contributed by atoms with Gasteiger partial charge in [0.05, 0.1) is 16.3 Å². The molecule has 3 N–H and O–H groups in total. The minimum atomic E-state index is -1.02. The van der Waals surface area contributed by atoms with Gasteiger partial charge in [-0.25, -0.2) is 4.79 Å². The molecule has 0 amide bonds. The van der Waals surface area contributed by atoms with E-state index in [4.69, 9.17) is 22.1 Å². The van der Waals surface area contributed by atoms with E-state index < -0.39 is 5.97 Å². The topological polar surface area (TPSA) is 75.8 Å². The van der Waals surface area contributed by atoms with Crippen LogP contribution in [-0.4, -0.2) is 37.9 Å². The first-order chi connectivity index (χ1) is 9.49. The zero-order valence-corrected chi connectivity index (χ0v) is 12.2. The van der Waals surface area contributed by atoms with Gasteiger partial charge in [0, 0.05) is 32.5 Å². The van der Waals surface area contributed by atoms with E-state index in [1.54, 1.807) is 6.07 Å². The molecule has 1 aliphatic heterocycles. The van der Waals surface area contributed by atoms with Gasteiger partial charge < -0.3 is 20.5 Å². The van der Waals surface area contributed by atoms with Crippen LogP contribution < -0.4 is 10.6 Å². The van der Waals surface area contributed by atoms with E-state index in [0.29, 0.717) is 22.3 Å². The Balaban J connectivity index is 2.23. The van der Waals surface area contributed by atoms with Crippen LogP contribution in [0.25, 0.3) is 0 Å². The summed E-state index contributed by atoms with van der Waals surface area (Å²) in [7, 11) is 1.86. The van der Waals surface area contributed by atoms with Gasteiger partial charge in [0.2, 0.25) is 0 Å². The number of anilines is 2. The highest BCUT2D eigenvalue weighted by Gasteiger charge is 2.22. The lowest BCUT2D eigenvalue weighted by molar-refractivity contribution is 0.0678. The number of nitrogens with two attached hydrogens (primary N) is 1. The summed E-state index contributed by atoms with van der Waals surface area (Å²) in [6.07, 6.45) is 1.97. The third-order valence-corrected chi connectivity index (χ3v) is 3.86. The van der Waals surface area contributed by atoms with Crippen LogP contribution in [0, 0.1) is 5.92 Å². The van der Waals surface area contributed by atoms with Crippen LogP contribution in [0.1, 0.15) is 23.2 Å². The van der Waals surface area contributed by atoms with Gasteiger partial charge in [-0.05, 0) is 30.9 Å². The van der Waals surface area contributed by atoms with Crippen molar-refractivity contribution in [2.45, 2.75) is 12.8 Å². The molecule has 5 nitrogen and oxygen atoms in total. The second-order valence-electron chi connectivity index (χ2n) is 5.14. The highest BCUT2D eigenvalue weighted by molar-refractivity contribution is 6.34. The number of benzene rings is 1. The maximum absolute atomic E-state index is 11.4. The van der Waals surface area contributed by atoms with Crippen molar-refractivity contribution in [1.82, 2.24) is 0 Å². The van der Waals surface area contributed by atoms with Crippen molar-refractivity contribution in [2.24, 2.45) is 5.92 Å². The number of nitrogen functional groups attached to an aromatic ring is 1. The molecule has 1 aliphatic rings. The molecule has 0 aliphatic carbocycles. The molecule has 0 unspecified atom stereocenters. The Morgan fingerprint density at radius 2 is 2.15 bits per heavy atom. The summed E-state index contributed by atoms with van der Waals surface area (Å²) >= 11 is 6.18. The van der Waals surface area contributed by atoms with E-state index in [2.05, 4.69) is 0 Å². The number of ether oxygens (including phenoxy) is 1. The first-order valence-electron chi connectivity index (χ1n) is 6.60. The van der Waals surface area contributed by atoms with Gasteiger partial charge in [-0.15, -0.1) is 0 Å². The van der Waals surface area contributed by atoms with E-state index in [-0.39, 0.29) is 5.56 Å². The number of carboxylic acids is 1. The Hall–Kier alpha value is -1.46. The predicted octanol–water partition coefficient (Wildman–Crippen LogP) is 2.48. The van der Waals surface area contributed by atoms with Crippen LogP contribution >= 0.6 is 11.6 Å². The monoisotopic (exact) mass is 298 g/mol. The zero-order valence-electron chi connectivity index (χ0n) is 11.4. The van der Waals surface area contributed by atoms with E-state index in [9.17, 15) is 9.90 Å². The first-order valence-corrected chi connectivity index (χ1v) is 6.98. The Labute approximate surface area is 123 Å². The smallest absolute Gasteiger partial charge is 0.337 e. The summed E-state index contributed by atoms with van der Waals surface area (Å²) in [6, 6.07) is 3.04. The molecule has 0 spiro atoms. The van der Waals surface area contributed by atoms with Crippen LogP contribution in [0.4, 0.5) is 11.4 Å². The van der Waals surface area contributed by atoms with Gasteiger partial charge in [0.1, 0.15) is 0 Å². The second-order valence-corrected chi connectivity index (χ2v) is 5.55. The van der Waals surface area contributed by atoms with Crippen LogP contribution in [0.5, 0.6) is 0 Å². The van der Waals surface area contributed by atoms with Crippen LogP contribution in [-0.2, 0) is 4.74 Å². The van der Waals surface area contributed by atoms with Gasteiger partial charge in [0.25, 0.3) is 0 Å². The molecule has 0 saturated carbocycles. The average molecular weight is 299 g/mol. The summed E-state index contributed by atoms with van der Waals surface area (Å²) in [4.78, 5) is 13.3. The summed E-state index contributed by atoms with van der Waals surface area (Å²) in [5.74, 6) is -0.531. The summed E-state index contributed by atoms with van der Waals surface area (Å²) < 4.78 is 5.33. The Morgan fingerprint density at radius 3 is 2.75 bits per heavy atom. The molecule has 0 atom stereocenters. The number of halogens is 1. The Bertz CT molecular complexity index is 501. The van der Waals surface area contributed by atoms with E-state index >= 15 is 0 Å². The third kappa shape index (κ3) is 3.35. The lowest BCUT2D eigenvalue weighted by Gasteiger charge is -2.29. The van der Waals surface area contributed by atoms with Gasteiger partial charge in [-0.1, -0.05) is 11.6 Å². The highest BCUT2D eigenvalue weighted by atomic mass is 35.5. The summed E-state index contributed by atoms with van der Waals surface area (Å²) in [5, 5.41) is 9.68. The van der Waals surface area contributed by atoms with E-state index in [1.807, 2.05) is 11.9 Å². The molecule has 0 bridgehead atoms. The molecule has 20 heavy (non-hydrogen) atoms. The Kier molecular flexibility index (Phi) is 4.73. The van der Waals surface area contributed by atoms with Gasteiger partial charge in [0.15, 0.2) is 0 Å². The minimum Gasteiger partial charge on any atom is -0.478 e. The fourth-order valence-electron chi connectivity index (χ4n) is 2.58. The molecule has 1 heterocycles. The molecule has 6 heteroatoms. The molecule has 1 fully saturated rings. The minimum absolute atomic E-state index is 0.143. The molecule has 1 aromatic carbocycles. The number of carbonyl (C=O) groups is 1. The summed E-state index contributed by atoms with van der Waals surface area (Å²) in [5.41, 5.74) is 6.70. The van der Waals surface area contributed by atoms with Gasteiger partial charge in [-0.2, -0.15) is 0 Å². The van der Waals surface area contributed by atoms with E-state index in [1.165, 1.54) is 6.07 Å². The van der Waals surface area contributed by atoms with Gasteiger partial charge >= 0.3 is 5.97 Å². The summed E-state index contributed by atoms with van der Waals surface area (Å²) in [6.45, 7) is 2.28. The largest absolute Gasteiger partial charge is 0.478 e. The molecule has 110 valence electrons. The molecule has 0 radical (unpaired) electrons. The third-order valence-electron chi connectivity index (χ3n) is 3.57. The van der Waals surface area contributed by atoms with Crippen molar-refractivity contribution in [3.05, 3.63) is 22.7 Å². The molecule has 1 saturated heterocycles. The van der Waals surface area contributed by atoms with E-state index in [0.717, 1.165) is 32.6 Å². The number of aromatic carboxylic acids is 1. The molecule has 0 aromatic heterocycles. The van der Waals surface area contributed by atoms with Crippen molar-refractivity contribution < 1.29 is 14.6 Å². The van der Waals surface area contributed by atoms with Crippen molar-refractivity contribution >= 4 is 28.9 Å². The van der Waals surface area contributed by atoms with Crippen molar-refractivity contribution in [1.29, 1.82) is 0 Å². The average Bonchev–Trinajstić information content (AvgIpc) is 2.38. The number of nitrogens with zero attached hydrogens (tertiary/aromatic N) is 1. The predicted molar refractivity (Wildman–Crippen MR) is 79.6 cm³/mol. The number of rotatable bonds is 4.